The normalized spacial score (nSPS) is 15.3. The molecule has 0 spiro atoms. The van der Waals surface area contributed by atoms with Crippen LogP contribution in [0.15, 0.2) is 54.9 Å². The largest absolute Gasteiger partial charge is 0.487 e. The van der Waals surface area contributed by atoms with Crippen LogP contribution < -0.4 is 20.3 Å². The SMILES string of the molecule is CCC(=O)Nc1cc(C(=O)N[C@@H]2CCCN(c3ncc(OCc4ccc(F)cc4)cc3Cl)C2)ccn1. The fourth-order valence-electron chi connectivity index (χ4n) is 3.90. The van der Waals surface area contributed by atoms with Crippen LogP contribution in [0.3, 0.4) is 0 Å². The number of piperidine rings is 1. The number of carbonyl (C=O) groups excluding carboxylic acids is 2. The highest BCUT2D eigenvalue weighted by atomic mass is 35.5. The molecule has 1 aliphatic heterocycles. The van der Waals surface area contributed by atoms with Gasteiger partial charge in [-0.15, -0.1) is 0 Å². The second-order valence-corrected chi connectivity index (χ2v) is 8.89. The molecule has 36 heavy (non-hydrogen) atoms. The zero-order chi connectivity index (χ0) is 25.5. The van der Waals surface area contributed by atoms with Crippen molar-refractivity contribution < 1.29 is 18.7 Å². The summed E-state index contributed by atoms with van der Waals surface area (Å²) in [5.74, 6) is 0.781. The lowest BCUT2D eigenvalue weighted by atomic mass is 10.0. The van der Waals surface area contributed by atoms with E-state index in [9.17, 15) is 14.0 Å². The average molecular weight is 512 g/mol. The highest BCUT2D eigenvalue weighted by molar-refractivity contribution is 6.33. The summed E-state index contributed by atoms with van der Waals surface area (Å²) in [6.45, 7) is 3.33. The first kappa shape index (κ1) is 25.4. The summed E-state index contributed by atoms with van der Waals surface area (Å²) >= 11 is 6.52. The Morgan fingerprint density at radius 3 is 2.75 bits per heavy atom. The van der Waals surface area contributed by atoms with Crippen molar-refractivity contribution in [2.45, 2.75) is 38.8 Å². The van der Waals surface area contributed by atoms with E-state index >= 15 is 0 Å². The summed E-state index contributed by atoms with van der Waals surface area (Å²) in [4.78, 5) is 35.1. The van der Waals surface area contributed by atoms with Crippen molar-refractivity contribution in [3.63, 3.8) is 0 Å². The number of amides is 2. The molecule has 1 aromatic carbocycles. The molecule has 0 unspecified atom stereocenters. The van der Waals surface area contributed by atoms with Gasteiger partial charge in [0.05, 0.1) is 11.2 Å². The van der Waals surface area contributed by atoms with Gasteiger partial charge in [0.25, 0.3) is 5.91 Å². The maximum absolute atomic E-state index is 13.1. The van der Waals surface area contributed by atoms with Gasteiger partial charge in [0.15, 0.2) is 0 Å². The maximum atomic E-state index is 13.1. The predicted octanol–water partition coefficient (Wildman–Crippen LogP) is 4.60. The zero-order valence-electron chi connectivity index (χ0n) is 19.8. The summed E-state index contributed by atoms with van der Waals surface area (Å²) in [6, 6.07) is 10.9. The molecule has 0 aliphatic carbocycles. The van der Waals surface area contributed by atoms with Crippen LogP contribution >= 0.6 is 11.6 Å². The molecule has 4 rings (SSSR count). The third-order valence-electron chi connectivity index (χ3n) is 5.78. The lowest BCUT2D eigenvalue weighted by Crippen LogP contribution is -2.48. The monoisotopic (exact) mass is 511 g/mol. The molecule has 0 radical (unpaired) electrons. The minimum Gasteiger partial charge on any atom is -0.487 e. The van der Waals surface area contributed by atoms with Crippen molar-refractivity contribution in [2.75, 3.05) is 23.3 Å². The van der Waals surface area contributed by atoms with E-state index in [-0.39, 0.29) is 30.3 Å². The van der Waals surface area contributed by atoms with Gasteiger partial charge in [-0.25, -0.2) is 14.4 Å². The smallest absolute Gasteiger partial charge is 0.251 e. The molecule has 2 N–H and O–H groups in total. The van der Waals surface area contributed by atoms with Gasteiger partial charge >= 0.3 is 0 Å². The number of hydrogen-bond acceptors (Lipinski definition) is 6. The van der Waals surface area contributed by atoms with Crippen LogP contribution in [0.5, 0.6) is 5.75 Å². The Morgan fingerprint density at radius 2 is 2.00 bits per heavy atom. The summed E-state index contributed by atoms with van der Waals surface area (Å²) in [7, 11) is 0. The van der Waals surface area contributed by atoms with Crippen molar-refractivity contribution >= 4 is 35.1 Å². The molecule has 10 heteroatoms. The van der Waals surface area contributed by atoms with E-state index in [1.807, 2.05) is 4.90 Å². The lowest BCUT2D eigenvalue weighted by Gasteiger charge is -2.34. The average Bonchev–Trinajstić information content (AvgIpc) is 2.88. The minimum absolute atomic E-state index is 0.0969. The Hall–Kier alpha value is -3.72. The summed E-state index contributed by atoms with van der Waals surface area (Å²) in [6.07, 6.45) is 5.11. The fraction of sp³-hybridized carbons (Fsp3) is 0.308. The van der Waals surface area contributed by atoms with Gasteiger partial charge < -0.3 is 20.3 Å². The van der Waals surface area contributed by atoms with Crippen LogP contribution in [0.4, 0.5) is 16.0 Å². The third kappa shape index (κ3) is 6.69. The van der Waals surface area contributed by atoms with E-state index in [1.165, 1.54) is 18.3 Å². The molecule has 1 atom stereocenters. The van der Waals surface area contributed by atoms with Crippen LogP contribution in [-0.4, -0.2) is 40.9 Å². The highest BCUT2D eigenvalue weighted by Crippen LogP contribution is 2.29. The third-order valence-corrected chi connectivity index (χ3v) is 6.06. The maximum Gasteiger partial charge on any atom is 0.251 e. The van der Waals surface area contributed by atoms with Crippen molar-refractivity contribution in [2.24, 2.45) is 0 Å². The Balaban J connectivity index is 1.35. The molecular formula is C26H27ClFN5O3. The Labute approximate surface area is 213 Å². The van der Waals surface area contributed by atoms with E-state index < -0.39 is 0 Å². The van der Waals surface area contributed by atoms with E-state index in [1.54, 1.807) is 43.5 Å². The molecule has 0 bridgehead atoms. The molecule has 3 heterocycles. The van der Waals surface area contributed by atoms with Crippen molar-refractivity contribution in [3.8, 4) is 5.75 Å². The van der Waals surface area contributed by atoms with Crippen LogP contribution in [0.2, 0.25) is 5.02 Å². The van der Waals surface area contributed by atoms with Crippen molar-refractivity contribution in [1.29, 1.82) is 0 Å². The zero-order valence-corrected chi connectivity index (χ0v) is 20.6. The van der Waals surface area contributed by atoms with Crippen molar-refractivity contribution in [3.05, 3.63) is 76.8 Å². The number of halogens is 2. The second kappa shape index (κ2) is 11.8. The number of nitrogens with zero attached hydrogens (tertiary/aromatic N) is 3. The quantitative estimate of drug-likeness (QED) is 0.459. The van der Waals surface area contributed by atoms with E-state index in [0.29, 0.717) is 40.9 Å². The van der Waals surface area contributed by atoms with Gasteiger partial charge in [0.1, 0.15) is 29.8 Å². The van der Waals surface area contributed by atoms with Gasteiger partial charge in [-0.1, -0.05) is 30.7 Å². The minimum atomic E-state index is -0.296. The first-order chi connectivity index (χ1) is 17.4. The number of ether oxygens (including phenoxy) is 1. The molecule has 2 aromatic heterocycles. The van der Waals surface area contributed by atoms with Gasteiger partial charge in [-0.3, -0.25) is 9.59 Å². The number of hydrogen-bond donors (Lipinski definition) is 2. The molecular weight excluding hydrogens is 485 g/mol. The fourth-order valence-corrected chi connectivity index (χ4v) is 4.18. The van der Waals surface area contributed by atoms with E-state index in [4.69, 9.17) is 16.3 Å². The lowest BCUT2D eigenvalue weighted by molar-refractivity contribution is -0.115. The summed E-state index contributed by atoms with van der Waals surface area (Å²) < 4.78 is 18.8. The van der Waals surface area contributed by atoms with Gasteiger partial charge in [0, 0.05) is 43.4 Å². The first-order valence-corrected chi connectivity index (χ1v) is 12.1. The number of anilines is 2. The number of benzene rings is 1. The van der Waals surface area contributed by atoms with E-state index in [2.05, 4.69) is 20.6 Å². The van der Waals surface area contributed by atoms with Crippen LogP contribution in [0.25, 0.3) is 0 Å². The second-order valence-electron chi connectivity index (χ2n) is 8.48. The summed E-state index contributed by atoms with van der Waals surface area (Å²) in [5.41, 5.74) is 1.26. The number of pyridine rings is 2. The molecule has 1 aliphatic rings. The van der Waals surface area contributed by atoms with Gasteiger partial charge in [-0.2, -0.15) is 0 Å². The molecule has 3 aromatic rings. The predicted molar refractivity (Wildman–Crippen MR) is 136 cm³/mol. The Morgan fingerprint density at radius 1 is 1.19 bits per heavy atom. The van der Waals surface area contributed by atoms with Gasteiger partial charge in [0.2, 0.25) is 5.91 Å². The topological polar surface area (TPSA) is 96.5 Å². The van der Waals surface area contributed by atoms with Crippen molar-refractivity contribution in [1.82, 2.24) is 15.3 Å². The molecule has 1 saturated heterocycles. The first-order valence-electron chi connectivity index (χ1n) is 11.8. The number of rotatable bonds is 8. The highest BCUT2D eigenvalue weighted by Gasteiger charge is 2.24. The number of carbonyl (C=O) groups is 2. The Bertz CT molecular complexity index is 1220. The van der Waals surface area contributed by atoms with E-state index in [0.717, 1.165) is 24.9 Å². The standard InChI is InChI=1S/C26H27ClFN5O3/c1-2-24(34)32-23-12-18(9-10-29-23)26(35)31-20-4-3-11-33(15-20)25-22(27)13-21(14-30-25)36-16-17-5-7-19(28)8-6-17/h5-10,12-14,20H,2-4,11,15-16H2,1H3,(H,31,35)(H,29,32,34)/t20-/m1/s1. The molecule has 188 valence electrons. The molecule has 8 nitrogen and oxygen atoms in total. The van der Waals surface area contributed by atoms with Gasteiger partial charge in [-0.05, 0) is 42.7 Å². The summed E-state index contributed by atoms with van der Waals surface area (Å²) in [5, 5.41) is 6.17. The molecule has 1 fully saturated rings. The van der Waals surface area contributed by atoms with Crippen LogP contribution in [-0.2, 0) is 11.4 Å². The number of nitrogens with one attached hydrogen (secondary N) is 2. The van der Waals surface area contributed by atoms with Crippen LogP contribution in [0, 0.1) is 5.82 Å². The molecule has 2 amide bonds. The van der Waals surface area contributed by atoms with Crippen LogP contribution in [0.1, 0.15) is 42.1 Å². The number of aromatic nitrogens is 2. The Kier molecular flexibility index (Phi) is 8.32. The molecule has 0 saturated carbocycles.